The van der Waals surface area contributed by atoms with Gasteiger partial charge in [0, 0.05) is 17.6 Å². The van der Waals surface area contributed by atoms with E-state index in [0.29, 0.717) is 17.8 Å². The lowest BCUT2D eigenvalue weighted by molar-refractivity contribution is -0.139. The SMILES string of the molecule is CCNC(=O)C(C)N(Cc1ccc(F)cc1)C(=O)CN(c1ccc(Br)cc1)S(C)(=O)=O. The average molecular weight is 514 g/mol. The molecule has 0 spiro atoms. The summed E-state index contributed by atoms with van der Waals surface area (Å²) in [5.41, 5.74) is 0.937. The van der Waals surface area contributed by atoms with Crippen LogP contribution in [0.2, 0.25) is 0 Å². The lowest BCUT2D eigenvalue weighted by Crippen LogP contribution is -2.51. The van der Waals surface area contributed by atoms with Crippen LogP contribution < -0.4 is 9.62 Å². The molecule has 168 valence electrons. The van der Waals surface area contributed by atoms with Gasteiger partial charge in [-0.2, -0.15) is 0 Å². The van der Waals surface area contributed by atoms with Crippen LogP contribution in [0.1, 0.15) is 19.4 Å². The highest BCUT2D eigenvalue weighted by Gasteiger charge is 2.29. The third kappa shape index (κ3) is 7.03. The largest absolute Gasteiger partial charge is 0.355 e. The molecule has 0 heterocycles. The average Bonchev–Trinajstić information content (AvgIpc) is 2.71. The summed E-state index contributed by atoms with van der Waals surface area (Å²) in [7, 11) is -3.77. The smallest absolute Gasteiger partial charge is 0.244 e. The highest BCUT2D eigenvalue weighted by molar-refractivity contribution is 9.10. The maximum atomic E-state index is 13.3. The Morgan fingerprint density at radius 2 is 1.68 bits per heavy atom. The number of anilines is 1. The van der Waals surface area contributed by atoms with Crippen molar-refractivity contribution in [3.63, 3.8) is 0 Å². The van der Waals surface area contributed by atoms with Crippen molar-refractivity contribution >= 4 is 43.5 Å². The highest BCUT2D eigenvalue weighted by Crippen LogP contribution is 2.21. The van der Waals surface area contributed by atoms with Crippen molar-refractivity contribution in [2.45, 2.75) is 26.4 Å². The minimum atomic E-state index is -3.77. The van der Waals surface area contributed by atoms with Crippen LogP contribution in [0.25, 0.3) is 0 Å². The van der Waals surface area contributed by atoms with E-state index >= 15 is 0 Å². The molecule has 2 aromatic carbocycles. The number of hydrogen-bond donors (Lipinski definition) is 1. The number of likely N-dealkylation sites (N-methyl/N-ethyl adjacent to an activating group) is 1. The number of halogens is 2. The normalized spacial score (nSPS) is 12.2. The van der Waals surface area contributed by atoms with E-state index in [9.17, 15) is 22.4 Å². The lowest BCUT2D eigenvalue weighted by Gasteiger charge is -2.31. The molecule has 0 aromatic heterocycles. The third-order valence-electron chi connectivity index (χ3n) is 4.58. The summed E-state index contributed by atoms with van der Waals surface area (Å²) >= 11 is 3.30. The standard InChI is InChI=1S/C21H25BrFN3O4S/c1-4-24-21(28)15(2)25(13-16-5-9-18(23)10-6-16)20(27)14-26(31(3,29)30)19-11-7-17(22)8-12-19/h5-12,15H,4,13-14H2,1-3H3,(H,24,28). The predicted molar refractivity (Wildman–Crippen MR) is 121 cm³/mol. The monoisotopic (exact) mass is 513 g/mol. The second-order valence-corrected chi connectivity index (χ2v) is 9.79. The molecular weight excluding hydrogens is 489 g/mol. The Kier molecular flexibility index (Phi) is 8.58. The molecule has 0 aliphatic carbocycles. The Balaban J connectivity index is 2.35. The summed E-state index contributed by atoms with van der Waals surface area (Å²) < 4.78 is 39.8. The first-order valence-electron chi connectivity index (χ1n) is 9.57. The number of rotatable bonds is 9. The van der Waals surface area contributed by atoms with Gasteiger partial charge in [0.1, 0.15) is 18.4 Å². The summed E-state index contributed by atoms with van der Waals surface area (Å²) in [6.07, 6.45) is 1.01. The van der Waals surface area contributed by atoms with E-state index in [4.69, 9.17) is 0 Å². The lowest BCUT2D eigenvalue weighted by atomic mass is 10.1. The van der Waals surface area contributed by atoms with Crippen molar-refractivity contribution in [2.24, 2.45) is 0 Å². The molecule has 0 radical (unpaired) electrons. The Hall–Kier alpha value is -2.46. The molecule has 1 N–H and O–H groups in total. The van der Waals surface area contributed by atoms with Crippen LogP contribution in [0.15, 0.2) is 53.0 Å². The molecule has 1 atom stereocenters. The Morgan fingerprint density at radius 1 is 1.10 bits per heavy atom. The van der Waals surface area contributed by atoms with Gasteiger partial charge >= 0.3 is 0 Å². The van der Waals surface area contributed by atoms with E-state index in [2.05, 4.69) is 21.2 Å². The quantitative estimate of drug-likeness (QED) is 0.558. The number of nitrogens with zero attached hydrogens (tertiary/aromatic N) is 2. The summed E-state index contributed by atoms with van der Waals surface area (Å²) in [5, 5.41) is 2.67. The first kappa shape index (κ1) is 24.8. The summed E-state index contributed by atoms with van der Waals surface area (Å²) in [4.78, 5) is 26.9. The minimum absolute atomic E-state index is 0.0232. The number of carbonyl (C=O) groups excluding carboxylic acids is 2. The van der Waals surface area contributed by atoms with Crippen molar-refractivity contribution in [3.8, 4) is 0 Å². The van der Waals surface area contributed by atoms with E-state index in [1.807, 2.05) is 0 Å². The first-order chi connectivity index (χ1) is 14.5. The topological polar surface area (TPSA) is 86.8 Å². The number of benzene rings is 2. The fourth-order valence-electron chi connectivity index (χ4n) is 2.91. The van der Waals surface area contributed by atoms with Crippen LogP contribution in [-0.2, 0) is 26.2 Å². The number of hydrogen-bond acceptors (Lipinski definition) is 4. The van der Waals surface area contributed by atoms with Gasteiger partial charge in [0.25, 0.3) is 0 Å². The van der Waals surface area contributed by atoms with Crippen molar-refractivity contribution in [1.29, 1.82) is 0 Å². The maximum absolute atomic E-state index is 13.3. The minimum Gasteiger partial charge on any atom is -0.355 e. The summed E-state index contributed by atoms with van der Waals surface area (Å²) in [5.74, 6) is -1.35. The van der Waals surface area contributed by atoms with Gasteiger partial charge in [-0.1, -0.05) is 28.1 Å². The number of sulfonamides is 1. The van der Waals surface area contributed by atoms with E-state index in [1.165, 1.54) is 29.2 Å². The number of nitrogens with one attached hydrogen (secondary N) is 1. The van der Waals surface area contributed by atoms with Gasteiger partial charge in [-0.05, 0) is 55.8 Å². The molecular formula is C21H25BrFN3O4S. The molecule has 2 aromatic rings. The highest BCUT2D eigenvalue weighted by atomic mass is 79.9. The maximum Gasteiger partial charge on any atom is 0.244 e. The second-order valence-electron chi connectivity index (χ2n) is 6.96. The van der Waals surface area contributed by atoms with E-state index in [-0.39, 0.29) is 12.5 Å². The van der Waals surface area contributed by atoms with Crippen LogP contribution in [0.3, 0.4) is 0 Å². The zero-order valence-electron chi connectivity index (χ0n) is 17.5. The van der Waals surface area contributed by atoms with Gasteiger partial charge in [0.15, 0.2) is 0 Å². The third-order valence-corrected chi connectivity index (χ3v) is 6.25. The van der Waals surface area contributed by atoms with Crippen LogP contribution >= 0.6 is 15.9 Å². The van der Waals surface area contributed by atoms with Crippen LogP contribution in [0.5, 0.6) is 0 Å². The molecule has 1 unspecified atom stereocenters. The molecule has 0 aliphatic rings. The molecule has 0 saturated carbocycles. The van der Waals surface area contributed by atoms with Crippen molar-refractivity contribution < 1.29 is 22.4 Å². The van der Waals surface area contributed by atoms with Gasteiger partial charge in [-0.3, -0.25) is 13.9 Å². The molecule has 0 fully saturated rings. The fourth-order valence-corrected chi connectivity index (χ4v) is 4.03. The van der Waals surface area contributed by atoms with Gasteiger partial charge in [0.2, 0.25) is 21.8 Å². The van der Waals surface area contributed by atoms with Crippen LogP contribution in [-0.4, -0.2) is 50.5 Å². The molecule has 2 rings (SSSR count). The van der Waals surface area contributed by atoms with Crippen LogP contribution in [0, 0.1) is 5.82 Å². The number of carbonyl (C=O) groups is 2. The van der Waals surface area contributed by atoms with Gasteiger partial charge in [0.05, 0.1) is 11.9 Å². The molecule has 0 aliphatic heterocycles. The van der Waals surface area contributed by atoms with Gasteiger partial charge in [-0.25, -0.2) is 12.8 Å². The predicted octanol–water partition coefficient (Wildman–Crippen LogP) is 2.91. The van der Waals surface area contributed by atoms with Crippen LogP contribution in [0.4, 0.5) is 10.1 Å². The molecule has 0 saturated heterocycles. The van der Waals surface area contributed by atoms with Crippen molar-refractivity contribution in [3.05, 3.63) is 64.4 Å². The Bertz CT molecular complexity index is 1010. The number of amides is 2. The van der Waals surface area contributed by atoms with E-state index in [0.717, 1.165) is 15.0 Å². The Labute approximate surface area is 190 Å². The summed E-state index contributed by atoms with van der Waals surface area (Å²) in [6, 6.07) is 11.2. The molecule has 10 heteroatoms. The van der Waals surface area contributed by atoms with Crippen molar-refractivity contribution in [2.75, 3.05) is 23.7 Å². The van der Waals surface area contributed by atoms with E-state index < -0.39 is 34.3 Å². The molecule has 2 amide bonds. The molecule has 31 heavy (non-hydrogen) atoms. The molecule has 7 nitrogen and oxygen atoms in total. The fraction of sp³-hybridized carbons (Fsp3) is 0.333. The first-order valence-corrected chi connectivity index (χ1v) is 12.2. The zero-order valence-corrected chi connectivity index (χ0v) is 19.9. The molecule has 0 bridgehead atoms. The van der Waals surface area contributed by atoms with Gasteiger partial charge in [-0.15, -0.1) is 0 Å². The van der Waals surface area contributed by atoms with E-state index in [1.54, 1.807) is 38.1 Å². The summed E-state index contributed by atoms with van der Waals surface area (Å²) in [6.45, 7) is 3.25. The second kappa shape index (κ2) is 10.7. The van der Waals surface area contributed by atoms with Crippen molar-refractivity contribution in [1.82, 2.24) is 10.2 Å². The van der Waals surface area contributed by atoms with Gasteiger partial charge < -0.3 is 10.2 Å². The Morgan fingerprint density at radius 3 is 2.19 bits per heavy atom. The zero-order chi connectivity index (χ0) is 23.2.